The number of rotatable bonds is 10. The molecule has 2 N–H and O–H groups in total. The molecule has 6 nitrogen and oxygen atoms in total. The molecule has 0 saturated carbocycles. The Morgan fingerprint density at radius 3 is 2.44 bits per heavy atom. The lowest BCUT2D eigenvalue weighted by atomic mass is 9.87. The number of methoxy groups -OCH3 is 1. The van der Waals surface area contributed by atoms with Crippen molar-refractivity contribution >= 4 is 11.9 Å². The summed E-state index contributed by atoms with van der Waals surface area (Å²) in [5.74, 6) is -1.02. The summed E-state index contributed by atoms with van der Waals surface area (Å²) in [7, 11) is 1.63. The zero-order chi connectivity index (χ0) is 19.7. The zero-order valence-electron chi connectivity index (χ0n) is 15.6. The highest BCUT2D eigenvalue weighted by molar-refractivity contribution is 5.98. The Bertz CT molecular complexity index is 762. The number of carbonyl (C=O) groups is 2. The maximum Gasteiger partial charge on any atom is 0.334 e. The quantitative estimate of drug-likeness (QED) is 0.627. The van der Waals surface area contributed by atoms with Crippen molar-refractivity contribution in [1.29, 1.82) is 0 Å². The van der Waals surface area contributed by atoms with Crippen LogP contribution >= 0.6 is 0 Å². The Labute approximate surface area is 159 Å². The molecule has 0 aliphatic heterocycles. The molecule has 1 amide bonds. The second-order valence-corrected chi connectivity index (χ2v) is 6.11. The fraction of sp³-hybridized carbons (Fsp3) is 0.333. The monoisotopic (exact) mass is 371 g/mol. The third-order valence-electron chi connectivity index (χ3n) is 4.35. The van der Waals surface area contributed by atoms with Crippen molar-refractivity contribution < 1.29 is 24.2 Å². The molecule has 1 atom stereocenters. The third-order valence-corrected chi connectivity index (χ3v) is 4.35. The summed E-state index contributed by atoms with van der Waals surface area (Å²) < 4.78 is 10.6. The normalized spacial score (nSPS) is 12.8. The Morgan fingerprint density at radius 2 is 1.81 bits per heavy atom. The van der Waals surface area contributed by atoms with Crippen LogP contribution in [-0.2, 0) is 15.1 Å². The lowest BCUT2D eigenvalue weighted by Gasteiger charge is -2.30. The van der Waals surface area contributed by atoms with Crippen LogP contribution in [-0.4, -0.2) is 37.3 Å². The molecule has 6 heteroatoms. The van der Waals surface area contributed by atoms with Gasteiger partial charge in [0.25, 0.3) is 5.91 Å². The molecule has 0 aromatic heterocycles. The highest BCUT2D eigenvalue weighted by atomic mass is 16.5. The summed E-state index contributed by atoms with van der Waals surface area (Å²) >= 11 is 0. The molecule has 2 rings (SSSR count). The summed E-state index contributed by atoms with van der Waals surface area (Å²) in [5.41, 5.74) is -0.622. The minimum atomic E-state index is -1.49. The van der Waals surface area contributed by atoms with Gasteiger partial charge in [0.15, 0.2) is 5.54 Å². The van der Waals surface area contributed by atoms with E-state index in [0.29, 0.717) is 30.1 Å². The van der Waals surface area contributed by atoms with Gasteiger partial charge in [-0.2, -0.15) is 0 Å². The van der Waals surface area contributed by atoms with E-state index in [9.17, 15) is 14.7 Å². The molecule has 2 aromatic rings. The topological polar surface area (TPSA) is 84.9 Å². The standard InChI is InChI=1S/C21H25NO5/c1-3-21(20(24)25,17-10-5-4-6-11-17)22-19(23)16-9-7-12-18(15-16)27-14-8-13-26-2/h4-7,9-12,15H,3,8,13-14H2,1-2H3,(H,22,23)(H,24,25). The van der Waals surface area contributed by atoms with Gasteiger partial charge in [-0.1, -0.05) is 43.3 Å². The van der Waals surface area contributed by atoms with Crippen LogP contribution in [0.4, 0.5) is 0 Å². The highest BCUT2D eigenvalue weighted by Gasteiger charge is 2.40. The van der Waals surface area contributed by atoms with Gasteiger partial charge in [-0.3, -0.25) is 4.79 Å². The Balaban J connectivity index is 2.19. The van der Waals surface area contributed by atoms with Crippen LogP contribution in [0.1, 0.15) is 35.7 Å². The third kappa shape index (κ3) is 5.08. The van der Waals surface area contributed by atoms with Gasteiger partial charge in [-0.25, -0.2) is 4.79 Å². The van der Waals surface area contributed by atoms with Gasteiger partial charge < -0.3 is 19.9 Å². The van der Waals surface area contributed by atoms with E-state index in [2.05, 4.69) is 5.32 Å². The van der Waals surface area contributed by atoms with Crippen LogP contribution in [0.25, 0.3) is 0 Å². The van der Waals surface area contributed by atoms with Crippen LogP contribution in [0, 0.1) is 0 Å². The van der Waals surface area contributed by atoms with E-state index in [-0.39, 0.29) is 6.42 Å². The summed E-state index contributed by atoms with van der Waals surface area (Å²) in [5, 5.41) is 12.5. The molecule has 0 heterocycles. The van der Waals surface area contributed by atoms with E-state index in [1.165, 1.54) is 0 Å². The van der Waals surface area contributed by atoms with Gasteiger partial charge in [0.05, 0.1) is 6.61 Å². The van der Waals surface area contributed by atoms with Crippen molar-refractivity contribution in [1.82, 2.24) is 5.32 Å². The molecule has 0 saturated heterocycles. The minimum Gasteiger partial charge on any atom is -0.493 e. The molecule has 2 aromatic carbocycles. The molecular formula is C21H25NO5. The first-order valence-electron chi connectivity index (χ1n) is 8.86. The number of hydrogen-bond acceptors (Lipinski definition) is 4. The lowest BCUT2D eigenvalue weighted by Crippen LogP contribution is -2.51. The van der Waals surface area contributed by atoms with Crippen LogP contribution in [0.3, 0.4) is 0 Å². The Kier molecular flexibility index (Phi) is 7.37. The molecule has 0 aliphatic carbocycles. The van der Waals surface area contributed by atoms with Gasteiger partial charge in [0, 0.05) is 25.7 Å². The second kappa shape index (κ2) is 9.73. The predicted molar refractivity (Wildman–Crippen MR) is 102 cm³/mol. The van der Waals surface area contributed by atoms with Crippen LogP contribution in [0.5, 0.6) is 5.75 Å². The van der Waals surface area contributed by atoms with Gasteiger partial charge >= 0.3 is 5.97 Å². The second-order valence-electron chi connectivity index (χ2n) is 6.11. The average molecular weight is 371 g/mol. The first-order valence-corrected chi connectivity index (χ1v) is 8.86. The number of carboxylic acid groups (broad SMARTS) is 1. The first-order chi connectivity index (χ1) is 13.0. The molecule has 0 fully saturated rings. The van der Waals surface area contributed by atoms with Gasteiger partial charge in [-0.15, -0.1) is 0 Å². The predicted octanol–water partition coefficient (Wildman–Crippen LogP) is 3.22. The fourth-order valence-corrected chi connectivity index (χ4v) is 2.80. The van der Waals surface area contributed by atoms with Crippen molar-refractivity contribution in [3.05, 3.63) is 65.7 Å². The molecule has 1 unspecified atom stereocenters. The van der Waals surface area contributed by atoms with E-state index in [4.69, 9.17) is 9.47 Å². The molecule has 0 radical (unpaired) electrons. The summed E-state index contributed by atoms with van der Waals surface area (Å²) in [6.45, 7) is 2.79. The van der Waals surface area contributed by atoms with Gasteiger partial charge in [0.2, 0.25) is 0 Å². The smallest absolute Gasteiger partial charge is 0.334 e. The maximum atomic E-state index is 12.8. The van der Waals surface area contributed by atoms with Gasteiger partial charge in [0.1, 0.15) is 5.75 Å². The largest absolute Gasteiger partial charge is 0.493 e. The Hall–Kier alpha value is -2.86. The molecule has 144 valence electrons. The van der Waals surface area contributed by atoms with Crippen LogP contribution in [0.2, 0.25) is 0 Å². The average Bonchev–Trinajstić information content (AvgIpc) is 2.70. The van der Waals surface area contributed by atoms with E-state index in [0.717, 1.165) is 6.42 Å². The minimum absolute atomic E-state index is 0.214. The molecular weight excluding hydrogens is 346 g/mol. The molecule has 0 aliphatic rings. The first kappa shape index (κ1) is 20.5. The number of carbonyl (C=O) groups excluding carboxylic acids is 1. The van der Waals surface area contributed by atoms with Crippen molar-refractivity contribution in [2.45, 2.75) is 25.3 Å². The summed E-state index contributed by atoms with van der Waals surface area (Å²) in [6, 6.07) is 15.4. The summed E-state index contributed by atoms with van der Waals surface area (Å²) in [4.78, 5) is 24.8. The molecule has 27 heavy (non-hydrogen) atoms. The number of hydrogen-bond donors (Lipinski definition) is 2. The van der Waals surface area contributed by atoms with E-state index in [1.54, 1.807) is 68.6 Å². The van der Waals surface area contributed by atoms with E-state index < -0.39 is 17.4 Å². The Morgan fingerprint density at radius 1 is 1.07 bits per heavy atom. The number of ether oxygens (including phenoxy) is 2. The van der Waals surface area contributed by atoms with Crippen molar-refractivity contribution in [2.75, 3.05) is 20.3 Å². The maximum absolute atomic E-state index is 12.8. The highest BCUT2D eigenvalue weighted by Crippen LogP contribution is 2.26. The van der Waals surface area contributed by atoms with Crippen LogP contribution in [0.15, 0.2) is 54.6 Å². The van der Waals surface area contributed by atoms with E-state index >= 15 is 0 Å². The van der Waals surface area contributed by atoms with Gasteiger partial charge in [-0.05, 0) is 30.2 Å². The molecule has 0 bridgehead atoms. The fourth-order valence-electron chi connectivity index (χ4n) is 2.80. The van der Waals surface area contributed by atoms with Crippen molar-refractivity contribution in [2.24, 2.45) is 0 Å². The number of nitrogens with one attached hydrogen (secondary N) is 1. The number of amides is 1. The van der Waals surface area contributed by atoms with Crippen LogP contribution < -0.4 is 10.1 Å². The van der Waals surface area contributed by atoms with Crippen molar-refractivity contribution in [3.63, 3.8) is 0 Å². The lowest BCUT2D eigenvalue weighted by molar-refractivity contribution is -0.145. The number of carboxylic acids is 1. The molecule has 0 spiro atoms. The number of benzene rings is 2. The van der Waals surface area contributed by atoms with E-state index in [1.807, 2.05) is 0 Å². The van der Waals surface area contributed by atoms with Crippen molar-refractivity contribution in [3.8, 4) is 5.75 Å². The zero-order valence-corrected chi connectivity index (χ0v) is 15.6. The SMILES string of the molecule is CCC(NC(=O)c1cccc(OCCCOC)c1)(C(=O)O)c1ccccc1. The number of aliphatic carboxylic acids is 1. The summed E-state index contributed by atoms with van der Waals surface area (Å²) in [6.07, 6.45) is 0.949.